The van der Waals surface area contributed by atoms with Gasteiger partial charge in [-0.1, -0.05) is 0 Å². The number of benzene rings is 2. The Labute approximate surface area is 231 Å². The van der Waals surface area contributed by atoms with Gasteiger partial charge in [0.15, 0.2) is 6.10 Å². The lowest BCUT2D eigenvalue weighted by molar-refractivity contribution is -0.123. The summed E-state index contributed by atoms with van der Waals surface area (Å²) in [4.78, 5) is 20.0. The fraction of sp³-hybridized carbons (Fsp3) is 0.536. The van der Waals surface area contributed by atoms with E-state index in [2.05, 4.69) is 27.1 Å². The molecule has 39 heavy (non-hydrogen) atoms. The van der Waals surface area contributed by atoms with Gasteiger partial charge in [0.1, 0.15) is 11.5 Å². The van der Waals surface area contributed by atoms with E-state index in [-0.39, 0.29) is 11.7 Å². The summed E-state index contributed by atoms with van der Waals surface area (Å²) in [5.74, 6) is 1.56. The van der Waals surface area contributed by atoms with Crippen LogP contribution in [0.4, 0.5) is 17.1 Å². The molecule has 5 rings (SSSR count). The third-order valence-corrected chi connectivity index (χ3v) is 9.81. The normalized spacial score (nSPS) is 20.7. The molecule has 3 aliphatic rings. The summed E-state index contributed by atoms with van der Waals surface area (Å²) in [6.07, 6.45) is 0.756. The van der Waals surface area contributed by atoms with Crippen LogP contribution in [-0.2, 0) is 21.2 Å². The summed E-state index contributed by atoms with van der Waals surface area (Å²) in [6, 6.07) is 11.7. The number of sulfonamides is 1. The van der Waals surface area contributed by atoms with Crippen LogP contribution in [0.5, 0.6) is 11.5 Å². The van der Waals surface area contributed by atoms with Crippen LogP contribution in [0.15, 0.2) is 36.4 Å². The van der Waals surface area contributed by atoms with Crippen LogP contribution in [0.2, 0.25) is 0 Å². The zero-order valence-corrected chi connectivity index (χ0v) is 23.9. The maximum atomic E-state index is 13.2. The zero-order chi connectivity index (χ0) is 27.6. The standard InChI is InChI=1S/C28H39N5O5S/c1-4-39(35,36)33-17-15-31(16-18-33)23-8-6-22(7-9-23)29-28(34)26-10-5-21-19-24(37-3)20-25(27(21)38-26)32-13-11-30(2)12-14-32/h6-9,19-20,26H,4-5,10-18H2,1-3H3,(H,29,34). The predicted octanol–water partition coefficient (Wildman–Crippen LogP) is 2.25. The van der Waals surface area contributed by atoms with Crippen molar-refractivity contribution in [1.29, 1.82) is 0 Å². The Morgan fingerprint density at radius 3 is 2.31 bits per heavy atom. The third-order valence-electron chi connectivity index (χ3n) is 7.92. The molecule has 2 aromatic carbocycles. The second kappa shape index (κ2) is 11.6. The van der Waals surface area contributed by atoms with Crippen molar-refractivity contribution in [1.82, 2.24) is 9.21 Å². The van der Waals surface area contributed by atoms with Crippen molar-refractivity contribution in [2.45, 2.75) is 25.9 Å². The zero-order valence-electron chi connectivity index (χ0n) is 23.1. The van der Waals surface area contributed by atoms with Crippen LogP contribution in [0, 0.1) is 0 Å². The van der Waals surface area contributed by atoms with Gasteiger partial charge in [-0.2, -0.15) is 4.31 Å². The summed E-state index contributed by atoms with van der Waals surface area (Å²) in [7, 11) is 0.650. The van der Waals surface area contributed by atoms with E-state index in [0.29, 0.717) is 38.3 Å². The number of aryl methyl sites for hydroxylation is 1. The molecule has 10 nitrogen and oxygen atoms in total. The summed E-state index contributed by atoms with van der Waals surface area (Å²) < 4.78 is 37.7. The second-order valence-electron chi connectivity index (χ2n) is 10.4. The molecule has 1 amide bonds. The van der Waals surface area contributed by atoms with Gasteiger partial charge in [0.05, 0.1) is 18.6 Å². The molecule has 0 radical (unpaired) electrons. The highest BCUT2D eigenvalue weighted by Crippen LogP contribution is 2.41. The first kappa shape index (κ1) is 27.5. The van der Waals surface area contributed by atoms with Crippen molar-refractivity contribution in [3.05, 3.63) is 42.0 Å². The number of carbonyl (C=O) groups excluding carboxylic acids is 1. The second-order valence-corrected chi connectivity index (χ2v) is 12.7. The lowest BCUT2D eigenvalue weighted by Crippen LogP contribution is -2.49. The number of piperazine rings is 2. The van der Waals surface area contributed by atoms with E-state index in [9.17, 15) is 13.2 Å². The van der Waals surface area contributed by atoms with E-state index in [1.165, 1.54) is 0 Å². The van der Waals surface area contributed by atoms with Crippen molar-refractivity contribution in [2.75, 3.05) is 87.4 Å². The van der Waals surface area contributed by atoms with Crippen molar-refractivity contribution in [3.8, 4) is 11.5 Å². The van der Waals surface area contributed by atoms with E-state index in [1.807, 2.05) is 36.4 Å². The van der Waals surface area contributed by atoms with Gasteiger partial charge >= 0.3 is 0 Å². The van der Waals surface area contributed by atoms with Gasteiger partial charge in [-0.3, -0.25) is 4.79 Å². The Kier molecular flexibility index (Phi) is 8.20. The van der Waals surface area contributed by atoms with Gasteiger partial charge in [0.25, 0.3) is 5.91 Å². The van der Waals surface area contributed by atoms with Crippen molar-refractivity contribution in [2.24, 2.45) is 0 Å². The number of ether oxygens (including phenoxy) is 2. The third kappa shape index (κ3) is 6.10. The smallest absolute Gasteiger partial charge is 0.265 e. The van der Waals surface area contributed by atoms with Crippen LogP contribution >= 0.6 is 0 Å². The lowest BCUT2D eigenvalue weighted by Gasteiger charge is -2.37. The molecule has 0 saturated carbocycles. The van der Waals surface area contributed by atoms with Gasteiger partial charge in [-0.15, -0.1) is 0 Å². The average molecular weight is 558 g/mol. The van der Waals surface area contributed by atoms with Crippen molar-refractivity contribution < 1.29 is 22.7 Å². The number of nitrogens with one attached hydrogen (secondary N) is 1. The monoisotopic (exact) mass is 557 g/mol. The molecule has 1 atom stereocenters. The van der Waals surface area contributed by atoms with Gasteiger partial charge in [0.2, 0.25) is 10.0 Å². The summed E-state index contributed by atoms with van der Waals surface area (Å²) >= 11 is 0. The molecule has 0 aliphatic carbocycles. The fourth-order valence-corrected chi connectivity index (χ4v) is 6.51. The molecule has 2 fully saturated rings. The SMILES string of the molecule is CCS(=O)(=O)N1CCN(c2ccc(NC(=O)C3CCc4cc(OC)cc(N5CCN(C)CC5)c4O3)cc2)CC1. The number of hydrogen-bond acceptors (Lipinski definition) is 8. The van der Waals surface area contributed by atoms with E-state index in [1.54, 1.807) is 18.3 Å². The Morgan fingerprint density at radius 2 is 1.67 bits per heavy atom. The van der Waals surface area contributed by atoms with Crippen LogP contribution in [0.1, 0.15) is 18.9 Å². The molecule has 212 valence electrons. The number of amides is 1. The number of rotatable bonds is 7. The number of fused-ring (bicyclic) bond motifs is 1. The molecular formula is C28H39N5O5S. The van der Waals surface area contributed by atoms with Gasteiger partial charge in [-0.25, -0.2) is 8.42 Å². The minimum Gasteiger partial charge on any atom is -0.497 e. The predicted molar refractivity (Wildman–Crippen MR) is 154 cm³/mol. The van der Waals surface area contributed by atoms with Gasteiger partial charge in [0, 0.05) is 75.4 Å². The van der Waals surface area contributed by atoms with Crippen LogP contribution in [0.3, 0.4) is 0 Å². The maximum Gasteiger partial charge on any atom is 0.265 e. The molecule has 2 saturated heterocycles. The summed E-state index contributed by atoms with van der Waals surface area (Å²) in [6.45, 7) is 7.66. The molecule has 0 bridgehead atoms. The molecule has 0 aromatic heterocycles. The highest BCUT2D eigenvalue weighted by atomic mass is 32.2. The summed E-state index contributed by atoms with van der Waals surface area (Å²) in [5, 5.41) is 3.02. The minimum absolute atomic E-state index is 0.128. The van der Waals surface area contributed by atoms with Crippen LogP contribution in [0.25, 0.3) is 0 Å². The quantitative estimate of drug-likeness (QED) is 0.554. The topological polar surface area (TPSA) is 94.7 Å². The van der Waals surface area contributed by atoms with Gasteiger partial charge in [-0.05, 0) is 57.1 Å². The number of anilines is 3. The van der Waals surface area contributed by atoms with E-state index >= 15 is 0 Å². The van der Waals surface area contributed by atoms with Crippen molar-refractivity contribution in [3.63, 3.8) is 0 Å². The Hall–Kier alpha value is -3.02. The van der Waals surface area contributed by atoms with Gasteiger partial charge < -0.3 is 29.5 Å². The van der Waals surface area contributed by atoms with Crippen molar-refractivity contribution >= 4 is 33.0 Å². The molecule has 3 heterocycles. The largest absolute Gasteiger partial charge is 0.497 e. The first-order valence-corrected chi connectivity index (χ1v) is 15.3. The first-order chi connectivity index (χ1) is 18.8. The van der Waals surface area contributed by atoms with E-state index in [4.69, 9.17) is 9.47 Å². The minimum atomic E-state index is -3.16. The number of hydrogen-bond donors (Lipinski definition) is 1. The number of methoxy groups -OCH3 is 1. The average Bonchev–Trinajstić information content (AvgIpc) is 2.97. The number of nitrogens with zero attached hydrogens (tertiary/aromatic N) is 4. The molecule has 3 aliphatic heterocycles. The number of likely N-dealkylation sites (N-methyl/N-ethyl adjacent to an activating group) is 1. The highest BCUT2D eigenvalue weighted by Gasteiger charge is 2.31. The first-order valence-electron chi connectivity index (χ1n) is 13.7. The van der Waals surface area contributed by atoms with E-state index < -0.39 is 16.1 Å². The number of carbonyl (C=O) groups is 1. The fourth-order valence-electron chi connectivity index (χ4n) is 5.42. The molecule has 11 heteroatoms. The highest BCUT2D eigenvalue weighted by molar-refractivity contribution is 7.89. The Balaban J connectivity index is 1.22. The Morgan fingerprint density at radius 1 is 1.00 bits per heavy atom. The Bertz CT molecular complexity index is 1270. The maximum absolute atomic E-state index is 13.2. The molecule has 2 aromatic rings. The molecular weight excluding hydrogens is 518 g/mol. The summed E-state index contributed by atoms with van der Waals surface area (Å²) in [5.41, 5.74) is 3.78. The molecule has 0 spiro atoms. The van der Waals surface area contributed by atoms with Crippen LogP contribution in [-0.4, -0.2) is 102 Å². The van der Waals surface area contributed by atoms with E-state index in [0.717, 1.165) is 61.0 Å². The van der Waals surface area contributed by atoms with Crippen LogP contribution < -0.4 is 24.6 Å². The lowest BCUT2D eigenvalue weighted by atomic mass is 9.99. The molecule has 1 unspecified atom stereocenters. The molecule has 1 N–H and O–H groups in total.